The van der Waals surface area contributed by atoms with Crippen LogP contribution < -0.4 is 5.43 Å². The summed E-state index contributed by atoms with van der Waals surface area (Å²) in [6.45, 7) is 1.74. The van der Waals surface area contributed by atoms with Crippen LogP contribution >= 0.6 is 0 Å². The van der Waals surface area contributed by atoms with Gasteiger partial charge in [-0.25, -0.2) is 9.94 Å². The van der Waals surface area contributed by atoms with Crippen molar-refractivity contribution in [1.82, 2.24) is 35.4 Å². The van der Waals surface area contributed by atoms with Gasteiger partial charge in [0.2, 0.25) is 5.65 Å². The van der Waals surface area contributed by atoms with Gasteiger partial charge in [-0.3, -0.25) is 4.79 Å². The van der Waals surface area contributed by atoms with Crippen molar-refractivity contribution in [3.8, 4) is 22.4 Å². The highest BCUT2D eigenvalue weighted by molar-refractivity contribution is 6.07. The number of hydrogen-bond donors (Lipinski definition) is 1. The third-order valence-corrected chi connectivity index (χ3v) is 5.71. The molecule has 6 rings (SSSR count). The van der Waals surface area contributed by atoms with Crippen LogP contribution in [0.1, 0.15) is 21.9 Å². The second-order valence-electron chi connectivity index (χ2n) is 7.94. The molecule has 0 saturated carbocycles. The number of aryl methyl sites for hydroxylation is 1. The fourth-order valence-corrected chi connectivity index (χ4v) is 4.02. The smallest absolute Gasteiger partial charge is 0.293 e. The van der Waals surface area contributed by atoms with E-state index in [0.717, 1.165) is 16.7 Å². The summed E-state index contributed by atoms with van der Waals surface area (Å²) in [5.41, 5.74) is 7.31. The fraction of sp³-hybridized carbons (Fsp3) is 0.0385. The highest BCUT2D eigenvalue weighted by atomic mass is 16.3. The molecule has 10 nitrogen and oxygen atoms in total. The van der Waals surface area contributed by atoms with Crippen molar-refractivity contribution >= 4 is 28.8 Å². The van der Waals surface area contributed by atoms with Gasteiger partial charge in [0.25, 0.3) is 5.91 Å². The number of amides is 1. The zero-order valence-electron chi connectivity index (χ0n) is 19.0. The van der Waals surface area contributed by atoms with Crippen LogP contribution in [0.3, 0.4) is 0 Å². The number of rotatable bonds is 5. The van der Waals surface area contributed by atoms with E-state index in [0.29, 0.717) is 33.8 Å². The highest BCUT2D eigenvalue weighted by Gasteiger charge is 2.23. The number of furan rings is 1. The van der Waals surface area contributed by atoms with Gasteiger partial charge in [0.05, 0.1) is 23.6 Å². The minimum Gasteiger partial charge on any atom is -0.463 e. The third kappa shape index (κ3) is 3.66. The number of aromatic nitrogens is 6. The molecule has 0 aliphatic carbocycles. The molecule has 0 atom stereocenters. The topological polar surface area (TPSA) is 123 Å². The van der Waals surface area contributed by atoms with E-state index in [-0.39, 0.29) is 5.69 Å². The van der Waals surface area contributed by atoms with Crippen molar-refractivity contribution in [2.24, 2.45) is 5.10 Å². The summed E-state index contributed by atoms with van der Waals surface area (Å²) in [6, 6.07) is 23.2. The van der Waals surface area contributed by atoms with Gasteiger partial charge in [-0.2, -0.15) is 5.10 Å². The maximum Gasteiger partial charge on any atom is 0.293 e. The van der Waals surface area contributed by atoms with Gasteiger partial charge in [-0.1, -0.05) is 60.7 Å². The van der Waals surface area contributed by atoms with Gasteiger partial charge in [-0.15, -0.1) is 25.5 Å². The quantitative estimate of drug-likeness (QED) is 0.295. The van der Waals surface area contributed by atoms with E-state index in [2.05, 4.69) is 36.0 Å². The Morgan fingerprint density at radius 2 is 1.67 bits per heavy atom. The van der Waals surface area contributed by atoms with Gasteiger partial charge in [-0.05, 0) is 24.6 Å². The lowest BCUT2D eigenvalue weighted by Crippen LogP contribution is -2.22. The number of carbonyl (C=O) groups excluding carboxylic acids is 1. The second kappa shape index (κ2) is 8.84. The molecular formula is C26H18N8O2. The summed E-state index contributed by atoms with van der Waals surface area (Å²) in [5.74, 6) is -0.0169. The van der Waals surface area contributed by atoms with Crippen molar-refractivity contribution in [2.45, 2.75) is 6.92 Å². The zero-order chi connectivity index (χ0) is 24.5. The zero-order valence-corrected chi connectivity index (χ0v) is 19.0. The standard InChI is InChI=1S/C26H18N8O2/c1-16-22(26(35)32-27-15-19-13-8-14-36-19)28-31-25-21-20(17-9-4-2-5-10-17)23(18-11-6-3-7-12-18)29-30-24(21)33-34(16)25/h2-15H,1H3,(H,32,35)/b27-15+. The predicted octanol–water partition coefficient (Wildman–Crippen LogP) is 4.07. The van der Waals surface area contributed by atoms with Crippen molar-refractivity contribution in [3.05, 3.63) is 96.2 Å². The normalized spacial score (nSPS) is 11.5. The lowest BCUT2D eigenvalue weighted by Gasteiger charge is -2.10. The molecule has 1 N–H and O–H groups in total. The Labute approximate surface area is 204 Å². The van der Waals surface area contributed by atoms with Crippen molar-refractivity contribution in [3.63, 3.8) is 0 Å². The van der Waals surface area contributed by atoms with Gasteiger partial charge < -0.3 is 4.42 Å². The summed E-state index contributed by atoms with van der Waals surface area (Å²) in [5, 5.41) is 26.7. The van der Waals surface area contributed by atoms with Crippen LogP contribution in [0.2, 0.25) is 0 Å². The van der Waals surface area contributed by atoms with E-state index in [1.807, 2.05) is 60.7 Å². The van der Waals surface area contributed by atoms with Crippen LogP contribution in [-0.2, 0) is 0 Å². The number of hydrazone groups is 1. The first-order chi connectivity index (χ1) is 17.7. The molecule has 0 spiro atoms. The molecule has 0 aliphatic rings. The lowest BCUT2D eigenvalue weighted by atomic mass is 9.97. The summed E-state index contributed by atoms with van der Waals surface area (Å²) in [4.78, 5) is 12.8. The minimum atomic E-state index is -0.524. The number of carbonyl (C=O) groups is 1. The fourth-order valence-electron chi connectivity index (χ4n) is 4.02. The number of nitrogens with one attached hydrogen (secondary N) is 1. The molecule has 4 aromatic heterocycles. The Bertz CT molecular complexity index is 1730. The summed E-state index contributed by atoms with van der Waals surface area (Å²) < 4.78 is 6.74. The van der Waals surface area contributed by atoms with Crippen LogP contribution in [0.4, 0.5) is 0 Å². The first kappa shape index (κ1) is 21.3. The third-order valence-electron chi connectivity index (χ3n) is 5.71. The first-order valence-corrected chi connectivity index (χ1v) is 11.1. The molecule has 0 aliphatic heterocycles. The maximum absolute atomic E-state index is 12.8. The van der Waals surface area contributed by atoms with Gasteiger partial charge >= 0.3 is 0 Å². The Morgan fingerprint density at radius 3 is 2.39 bits per heavy atom. The minimum absolute atomic E-state index is 0.0874. The van der Waals surface area contributed by atoms with Gasteiger partial charge in [0.15, 0.2) is 11.3 Å². The van der Waals surface area contributed by atoms with Crippen LogP contribution in [0.15, 0.2) is 88.6 Å². The molecule has 0 radical (unpaired) electrons. The molecule has 1 amide bonds. The van der Waals surface area contributed by atoms with Crippen LogP contribution in [-0.4, -0.2) is 42.1 Å². The number of benzene rings is 2. The largest absolute Gasteiger partial charge is 0.463 e. The Kier molecular flexibility index (Phi) is 5.23. The van der Waals surface area contributed by atoms with E-state index in [9.17, 15) is 4.79 Å². The summed E-state index contributed by atoms with van der Waals surface area (Å²) in [6.07, 6.45) is 2.92. The average Bonchev–Trinajstić information content (AvgIpc) is 3.58. The van der Waals surface area contributed by atoms with Crippen LogP contribution in [0, 0.1) is 6.92 Å². The summed E-state index contributed by atoms with van der Waals surface area (Å²) >= 11 is 0. The lowest BCUT2D eigenvalue weighted by molar-refractivity contribution is 0.0947. The van der Waals surface area contributed by atoms with Gasteiger partial charge in [0, 0.05) is 11.1 Å². The van der Waals surface area contributed by atoms with Crippen molar-refractivity contribution in [1.29, 1.82) is 0 Å². The SMILES string of the molecule is Cc1c(C(=O)N/N=C/c2ccco2)nnc2c3c(-c4ccccc4)c(-c4ccccc4)nnc3nn12. The Balaban J connectivity index is 1.50. The average molecular weight is 474 g/mol. The van der Waals surface area contributed by atoms with Crippen molar-refractivity contribution < 1.29 is 9.21 Å². The highest BCUT2D eigenvalue weighted by Crippen LogP contribution is 2.37. The Hall–Kier alpha value is -5.25. The monoisotopic (exact) mass is 474 g/mol. The first-order valence-electron chi connectivity index (χ1n) is 11.1. The molecule has 0 saturated heterocycles. The van der Waals surface area contributed by atoms with E-state index in [1.165, 1.54) is 12.5 Å². The Morgan fingerprint density at radius 1 is 0.917 bits per heavy atom. The van der Waals surface area contributed by atoms with Crippen LogP contribution in [0.5, 0.6) is 0 Å². The van der Waals surface area contributed by atoms with Crippen molar-refractivity contribution in [2.75, 3.05) is 0 Å². The molecule has 2 aromatic carbocycles. The number of nitrogens with zero attached hydrogens (tertiary/aromatic N) is 7. The molecule has 0 unspecified atom stereocenters. The van der Waals surface area contributed by atoms with Crippen LogP contribution in [0.25, 0.3) is 39.1 Å². The molecule has 0 fully saturated rings. The molecule has 10 heteroatoms. The number of fused-ring (bicyclic) bond motifs is 3. The molecule has 0 bridgehead atoms. The molecule has 4 heterocycles. The summed E-state index contributed by atoms with van der Waals surface area (Å²) in [7, 11) is 0. The molecule has 6 aromatic rings. The van der Waals surface area contributed by atoms with E-state index in [1.54, 1.807) is 23.6 Å². The molecule has 174 valence electrons. The van der Waals surface area contributed by atoms with E-state index in [4.69, 9.17) is 4.42 Å². The predicted molar refractivity (Wildman–Crippen MR) is 133 cm³/mol. The molecule has 36 heavy (non-hydrogen) atoms. The molecular weight excluding hydrogens is 456 g/mol. The van der Waals surface area contributed by atoms with E-state index >= 15 is 0 Å². The van der Waals surface area contributed by atoms with Gasteiger partial charge in [0.1, 0.15) is 11.5 Å². The van der Waals surface area contributed by atoms with E-state index < -0.39 is 5.91 Å². The second-order valence-corrected chi connectivity index (χ2v) is 7.94. The maximum atomic E-state index is 12.8. The number of hydrogen-bond acceptors (Lipinski definition) is 8.